The molecule has 0 aliphatic heterocycles. The van der Waals surface area contributed by atoms with Crippen LogP contribution in [0.1, 0.15) is 72.1 Å². The third-order valence-electron chi connectivity index (χ3n) is 7.04. The van der Waals surface area contributed by atoms with Crippen LogP contribution >= 0.6 is 0 Å². The molecule has 2 saturated carbocycles. The van der Waals surface area contributed by atoms with Gasteiger partial charge < -0.3 is 15.0 Å². The maximum atomic E-state index is 13.8. The summed E-state index contributed by atoms with van der Waals surface area (Å²) in [7, 11) is 0. The van der Waals surface area contributed by atoms with Crippen molar-refractivity contribution in [1.82, 2.24) is 9.88 Å². The molecule has 2 aromatic rings. The molecule has 1 heterocycles. The molecule has 1 amide bonds. The van der Waals surface area contributed by atoms with Gasteiger partial charge in [-0.3, -0.25) is 4.79 Å². The van der Waals surface area contributed by atoms with Crippen LogP contribution in [-0.2, 0) is 18.9 Å². The van der Waals surface area contributed by atoms with Crippen LogP contribution in [0.4, 0.5) is 26.3 Å². The van der Waals surface area contributed by atoms with Gasteiger partial charge in [0, 0.05) is 23.5 Å². The van der Waals surface area contributed by atoms with E-state index in [1.165, 1.54) is 10.6 Å². The van der Waals surface area contributed by atoms with Gasteiger partial charge in [-0.15, -0.1) is 0 Å². The normalized spacial score (nSPS) is 21.3. The van der Waals surface area contributed by atoms with Gasteiger partial charge in [0.15, 0.2) is 0 Å². The number of aliphatic hydroxyl groups is 1. The molecule has 192 valence electrons. The number of carbonyl (C=O) groups is 1. The third kappa shape index (κ3) is 5.68. The zero-order chi connectivity index (χ0) is 25.5. The van der Waals surface area contributed by atoms with Crippen molar-refractivity contribution in [3.63, 3.8) is 0 Å². The predicted octanol–water partition coefficient (Wildman–Crippen LogP) is 6.33. The van der Waals surface area contributed by atoms with Crippen molar-refractivity contribution in [2.75, 3.05) is 0 Å². The fourth-order valence-corrected chi connectivity index (χ4v) is 4.81. The summed E-state index contributed by atoms with van der Waals surface area (Å²) in [5, 5.41) is 13.0. The van der Waals surface area contributed by atoms with Crippen LogP contribution in [0.2, 0.25) is 0 Å². The summed E-state index contributed by atoms with van der Waals surface area (Å²) in [6.07, 6.45) is -4.98. The summed E-state index contributed by atoms with van der Waals surface area (Å²) in [6.45, 7) is 1.88. The van der Waals surface area contributed by atoms with Crippen molar-refractivity contribution >= 4 is 5.91 Å². The highest BCUT2D eigenvalue weighted by atomic mass is 19.4. The van der Waals surface area contributed by atoms with E-state index in [2.05, 4.69) is 5.32 Å². The standard InChI is InChI=1S/C25H28F6N2O2/c1-14-17(23(35)32-20-4-2-3-5-22(20)34)13-21(33(14)11-10-15-6-7-15)18-12-16(24(26,27)28)8-9-19(18)25(29,30)31/h8-9,12-13,15,20,22,34H,2-7,10-11H2,1H3,(H,32,35)/t20-,22-/m1/s1. The molecule has 4 nitrogen and oxygen atoms in total. The number of hydrogen-bond acceptors (Lipinski definition) is 2. The molecule has 10 heteroatoms. The van der Waals surface area contributed by atoms with Crippen molar-refractivity contribution < 1.29 is 36.2 Å². The Morgan fingerprint density at radius 3 is 2.31 bits per heavy atom. The van der Waals surface area contributed by atoms with Crippen LogP contribution < -0.4 is 5.32 Å². The van der Waals surface area contributed by atoms with E-state index in [1.807, 2.05) is 0 Å². The number of benzene rings is 1. The number of amides is 1. The number of halogens is 6. The topological polar surface area (TPSA) is 54.3 Å². The molecular weight excluding hydrogens is 474 g/mol. The fraction of sp³-hybridized carbons (Fsp3) is 0.560. The second kappa shape index (κ2) is 9.52. The van der Waals surface area contributed by atoms with E-state index in [-0.39, 0.29) is 11.3 Å². The van der Waals surface area contributed by atoms with Crippen molar-refractivity contribution in [2.45, 2.75) is 82.9 Å². The Morgan fingerprint density at radius 2 is 1.71 bits per heavy atom. The van der Waals surface area contributed by atoms with E-state index in [0.29, 0.717) is 55.6 Å². The highest BCUT2D eigenvalue weighted by Gasteiger charge is 2.38. The SMILES string of the molecule is Cc1c(C(=O)N[C@@H]2CCCC[C@H]2O)cc(-c2cc(C(F)(F)F)ccc2C(F)(F)F)n1CCC1CC1. The first kappa shape index (κ1) is 25.6. The van der Waals surface area contributed by atoms with Crippen LogP contribution in [0, 0.1) is 12.8 Å². The second-order valence-corrected chi connectivity index (χ2v) is 9.60. The van der Waals surface area contributed by atoms with Gasteiger partial charge in [-0.05, 0) is 56.4 Å². The average molecular weight is 502 g/mol. The molecule has 35 heavy (non-hydrogen) atoms. The van der Waals surface area contributed by atoms with Gasteiger partial charge in [0.2, 0.25) is 0 Å². The lowest BCUT2D eigenvalue weighted by molar-refractivity contribution is -0.141. The Bertz CT molecular complexity index is 1080. The summed E-state index contributed by atoms with van der Waals surface area (Å²) in [5.41, 5.74) is -2.58. The first-order chi connectivity index (χ1) is 16.4. The molecule has 0 bridgehead atoms. The molecule has 2 atom stereocenters. The van der Waals surface area contributed by atoms with Gasteiger partial charge in [-0.1, -0.05) is 25.7 Å². The summed E-state index contributed by atoms with van der Waals surface area (Å²) in [4.78, 5) is 13.1. The maximum Gasteiger partial charge on any atom is 0.417 e. The van der Waals surface area contributed by atoms with E-state index in [4.69, 9.17) is 0 Å². The summed E-state index contributed by atoms with van der Waals surface area (Å²) in [6, 6.07) is 2.15. The second-order valence-electron chi connectivity index (χ2n) is 9.60. The smallest absolute Gasteiger partial charge is 0.391 e. The van der Waals surface area contributed by atoms with E-state index < -0.39 is 47.1 Å². The molecule has 4 rings (SSSR count). The predicted molar refractivity (Wildman–Crippen MR) is 118 cm³/mol. The number of aromatic nitrogens is 1. The number of rotatable bonds is 6. The molecule has 2 aliphatic carbocycles. The van der Waals surface area contributed by atoms with Gasteiger partial charge in [0.1, 0.15) is 0 Å². The van der Waals surface area contributed by atoms with E-state index in [1.54, 1.807) is 6.92 Å². The van der Waals surface area contributed by atoms with Crippen molar-refractivity contribution in [3.8, 4) is 11.3 Å². The maximum absolute atomic E-state index is 13.8. The monoisotopic (exact) mass is 502 g/mol. The zero-order valence-corrected chi connectivity index (χ0v) is 19.3. The van der Waals surface area contributed by atoms with Crippen LogP contribution in [0.25, 0.3) is 11.3 Å². The lowest BCUT2D eigenvalue weighted by Gasteiger charge is -2.28. The minimum Gasteiger partial charge on any atom is -0.391 e. The minimum absolute atomic E-state index is 0.0732. The van der Waals surface area contributed by atoms with E-state index in [9.17, 15) is 36.2 Å². The fourth-order valence-electron chi connectivity index (χ4n) is 4.81. The van der Waals surface area contributed by atoms with Gasteiger partial charge in [-0.25, -0.2) is 0 Å². The Balaban J connectivity index is 1.79. The number of hydrogen-bond donors (Lipinski definition) is 2. The summed E-state index contributed by atoms with van der Waals surface area (Å²) in [5.74, 6) is -0.136. The zero-order valence-electron chi connectivity index (χ0n) is 19.3. The van der Waals surface area contributed by atoms with E-state index >= 15 is 0 Å². The number of alkyl halides is 6. The molecule has 1 aromatic heterocycles. The Kier molecular flexibility index (Phi) is 6.96. The Morgan fingerprint density at radius 1 is 1.03 bits per heavy atom. The van der Waals surface area contributed by atoms with Gasteiger partial charge in [-0.2, -0.15) is 26.3 Å². The molecule has 1 aromatic carbocycles. The van der Waals surface area contributed by atoms with Crippen LogP contribution in [0.3, 0.4) is 0 Å². The average Bonchev–Trinajstić information content (AvgIpc) is 3.54. The molecule has 2 N–H and O–H groups in total. The molecule has 0 radical (unpaired) electrons. The highest BCUT2D eigenvalue weighted by molar-refractivity contribution is 5.97. The first-order valence-corrected chi connectivity index (χ1v) is 11.8. The lowest BCUT2D eigenvalue weighted by Crippen LogP contribution is -2.45. The van der Waals surface area contributed by atoms with Gasteiger partial charge >= 0.3 is 12.4 Å². The van der Waals surface area contributed by atoms with Gasteiger partial charge in [0.25, 0.3) is 5.91 Å². The molecule has 0 unspecified atom stereocenters. The number of aliphatic hydroxyl groups excluding tert-OH is 1. The minimum atomic E-state index is -4.88. The molecule has 0 spiro atoms. The Hall–Kier alpha value is -2.49. The molecule has 0 saturated heterocycles. The third-order valence-corrected chi connectivity index (χ3v) is 7.04. The quantitative estimate of drug-likeness (QED) is 0.454. The van der Waals surface area contributed by atoms with Gasteiger partial charge in [0.05, 0.1) is 28.8 Å². The Labute approximate surface area is 199 Å². The molecule has 2 fully saturated rings. The summed E-state index contributed by atoms with van der Waals surface area (Å²) < 4.78 is 83.3. The number of nitrogens with one attached hydrogen (secondary N) is 1. The van der Waals surface area contributed by atoms with Crippen LogP contribution in [0.15, 0.2) is 24.3 Å². The molecular formula is C25H28F6N2O2. The molecule has 2 aliphatic rings. The highest BCUT2D eigenvalue weighted by Crippen LogP contribution is 2.42. The van der Waals surface area contributed by atoms with Crippen molar-refractivity contribution in [3.05, 3.63) is 46.6 Å². The first-order valence-electron chi connectivity index (χ1n) is 11.8. The van der Waals surface area contributed by atoms with Crippen molar-refractivity contribution in [2.24, 2.45) is 5.92 Å². The van der Waals surface area contributed by atoms with Crippen LogP contribution in [0.5, 0.6) is 0 Å². The largest absolute Gasteiger partial charge is 0.417 e. The number of carbonyl (C=O) groups excluding carboxylic acids is 1. The lowest BCUT2D eigenvalue weighted by atomic mass is 9.92. The van der Waals surface area contributed by atoms with Crippen molar-refractivity contribution in [1.29, 1.82) is 0 Å². The van der Waals surface area contributed by atoms with E-state index in [0.717, 1.165) is 25.7 Å². The van der Waals surface area contributed by atoms with Crippen LogP contribution in [-0.4, -0.2) is 27.7 Å². The number of nitrogens with zero attached hydrogens (tertiary/aromatic N) is 1. The summed E-state index contributed by atoms with van der Waals surface area (Å²) >= 11 is 0.